The smallest absolute Gasteiger partial charge is 0.345 e. The predicted molar refractivity (Wildman–Crippen MR) is 103 cm³/mol. The molecule has 4 nitrogen and oxygen atoms in total. The normalized spacial score (nSPS) is 10.7. The largest absolute Gasteiger partial charge is 0.842 e. The minimum Gasteiger partial charge on any atom is -0.842 e. The second-order valence-corrected chi connectivity index (χ2v) is 6.27. The number of nitrogens with zero attached hydrogens (tertiary/aromatic N) is 2. The van der Waals surface area contributed by atoms with Crippen LogP contribution in [0.1, 0.15) is 5.56 Å². The Bertz CT molecular complexity index is 1140. The van der Waals surface area contributed by atoms with Crippen molar-refractivity contribution >= 4 is 0 Å². The fraction of sp³-hybridized carbons (Fsp3) is 0.0435. The minimum absolute atomic E-state index is 0.183. The van der Waals surface area contributed by atoms with Crippen LogP contribution in [0.5, 0.6) is 5.88 Å². The van der Waals surface area contributed by atoms with E-state index >= 15 is 0 Å². The Balaban J connectivity index is 2.20. The Hall–Kier alpha value is -3.66. The summed E-state index contributed by atoms with van der Waals surface area (Å²) in [6.45, 7) is 1.58. The number of hydrogen-bond donors (Lipinski definition) is 0. The molecule has 0 saturated heterocycles. The van der Waals surface area contributed by atoms with E-state index in [1.165, 1.54) is 0 Å². The molecule has 0 bridgehead atoms. The molecule has 0 aliphatic carbocycles. The van der Waals surface area contributed by atoms with E-state index in [0.29, 0.717) is 17.2 Å². The van der Waals surface area contributed by atoms with Crippen molar-refractivity contribution < 1.29 is 9.67 Å². The van der Waals surface area contributed by atoms with E-state index in [1.807, 2.05) is 91.0 Å². The van der Waals surface area contributed by atoms with Crippen molar-refractivity contribution in [2.24, 2.45) is 0 Å². The number of benzene rings is 3. The summed E-state index contributed by atoms with van der Waals surface area (Å²) in [6.07, 6.45) is 0. The maximum absolute atomic E-state index is 13.1. The van der Waals surface area contributed by atoms with Crippen LogP contribution in [0.2, 0.25) is 0 Å². The van der Waals surface area contributed by atoms with Gasteiger partial charge in [0.25, 0.3) is 0 Å². The van der Waals surface area contributed by atoms with Crippen molar-refractivity contribution in [2.75, 3.05) is 0 Å². The highest BCUT2D eigenvalue weighted by molar-refractivity contribution is 5.57. The Morgan fingerprint density at radius 2 is 1.30 bits per heavy atom. The first kappa shape index (κ1) is 16.8. The van der Waals surface area contributed by atoms with E-state index < -0.39 is 0 Å². The van der Waals surface area contributed by atoms with Gasteiger partial charge in [-0.25, -0.2) is 9.36 Å². The Morgan fingerprint density at radius 1 is 0.778 bits per heavy atom. The second kappa shape index (κ2) is 6.92. The first-order chi connectivity index (χ1) is 13.2. The SMILES string of the molecule is Cc1c([O-])[n+](-c2ccccc2)c(-c2ccccc2)n(-c2ccccc2)c1=O. The highest BCUT2D eigenvalue weighted by atomic mass is 16.3. The standard InChI is InChI=1S/C23H18N2O2/c1-17-22(26)24(19-13-7-3-8-14-19)21(18-11-5-2-6-12-18)25(23(17)27)20-15-9-4-10-16-20/h2-16H,1H3. The molecule has 27 heavy (non-hydrogen) atoms. The van der Waals surface area contributed by atoms with Gasteiger partial charge in [-0.2, -0.15) is 4.57 Å². The summed E-state index contributed by atoms with van der Waals surface area (Å²) in [5, 5.41) is 13.1. The number of para-hydroxylation sites is 2. The van der Waals surface area contributed by atoms with Crippen LogP contribution in [-0.4, -0.2) is 4.57 Å². The lowest BCUT2D eigenvalue weighted by Crippen LogP contribution is -2.45. The lowest BCUT2D eigenvalue weighted by molar-refractivity contribution is -0.645. The van der Waals surface area contributed by atoms with Gasteiger partial charge in [-0.3, -0.25) is 0 Å². The van der Waals surface area contributed by atoms with Gasteiger partial charge in [0.15, 0.2) is 0 Å². The van der Waals surface area contributed by atoms with Crippen molar-refractivity contribution in [3.05, 3.63) is 107 Å². The molecule has 0 unspecified atom stereocenters. The van der Waals surface area contributed by atoms with Gasteiger partial charge in [-0.05, 0) is 43.3 Å². The number of rotatable bonds is 3. The lowest BCUT2D eigenvalue weighted by atomic mass is 10.1. The molecule has 0 N–H and O–H groups in total. The lowest BCUT2D eigenvalue weighted by Gasteiger charge is -2.19. The summed E-state index contributed by atoms with van der Waals surface area (Å²) in [6, 6.07) is 28.3. The van der Waals surface area contributed by atoms with Crippen molar-refractivity contribution in [1.29, 1.82) is 0 Å². The van der Waals surface area contributed by atoms with Gasteiger partial charge in [0.1, 0.15) is 11.4 Å². The Morgan fingerprint density at radius 3 is 1.89 bits per heavy atom. The average molecular weight is 354 g/mol. The second-order valence-electron chi connectivity index (χ2n) is 6.27. The van der Waals surface area contributed by atoms with E-state index in [2.05, 4.69) is 0 Å². The first-order valence-corrected chi connectivity index (χ1v) is 8.73. The highest BCUT2D eigenvalue weighted by Crippen LogP contribution is 2.22. The van der Waals surface area contributed by atoms with E-state index in [1.54, 1.807) is 16.1 Å². The fourth-order valence-electron chi connectivity index (χ4n) is 3.20. The molecule has 1 aromatic heterocycles. The summed E-state index contributed by atoms with van der Waals surface area (Å²) in [5.74, 6) is 0.228. The van der Waals surface area contributed by atoms with Crippen LogP contribution in [0.3, 0.4) is 0 Å². The Labute approximate surface area is 157 Å². The topological polar surface area (TPSA) is 48.9 Å². The fourth-order valence-corrected chi connectivity index (χ4v) is 3.20. The maximum Gasteiger partial charge on any atom is 0.345 e. The zero-order chi connectivity index (χ0) is 18.8. The highest BCUT2D eigenvalue weighted by Gasteiger charge is 2.26. The van der Waals surface area contributed by atoms with Gasteiger partial charge in [-0.1, -0.05) is 54.6 Å². The van der Waals surface area contributed by atoms with E-state index in [0.717, 1.165) is 5.56 Å². The zero-order valence-electron chi connectivity index (χ0n) is 14.9. The third-order valence-corrected chi connectivity index (χ3v) is 4.53. The third kappa shape index (κ3) is 2.91. The molecule has 0 aliphatic rings. The van der Waals surface area contributed by atoms with Crippen molar-refractivity contribution in [1.82, 2.24) is 4.57 Å². The minimum atomic E-state index is -0.308. The van der Waals surface area contributed by atoms with Crippen LogP contribution in [0.25, 0.3) is 22.8 Å². The van der Waals surface area contributed by atoms with Crippen molar-refractivity contribution in [2.45, 2.75) is 6.92 Å². The molecule has 132 valence electrons. The van der Waals surface area contributed by atoms with Gasteiger partial charge < -0.3 is 5.11 Å². The molecule has 0 amide bonds. The first-order valence-electron chi connectivity index (χ1n) is 8.73. The summed E-state index contributed by atoms with van der Waals surface area (Å²) < 4.78 is 3.22. The van der Waals surface area contributed by atoms with Crippen LogP contribution < -0.4 is 15.2 Å². The van der Waals surface area contributed by atoms with Crippen LogP contribution >= 0.6 is 0 Å². The summed E-state index contributed by atoms with van der Waals surface area (Å²) >= 11 is 0. The molecule has 4 aromatic rings. The number of hydrogen-bond acceptors (Lipinski definition) is 2. The summed E-state index contributed by atoms with van der Waals surface area (Å²) in [4.78, 5) is 13.1. The van der Waals surface area contributed by atoms with E-state index in [9.17, 15) is 9.90 Å². The predicted octanol–water partition coefficient (Wildman–Crippen LogP) is 3.16. The van der Waals surface area contributed by atoms with Gasteiger partial charge >= 0.3 is 11.4 Å². The van der Waals surface area contributed by atoms with Crippen LogP contribution in [0.15, 0.2) is 95.8 Å². The molecule has 0 atom stereocenters. The quantitative estimate of drug-likeness (QED) is 0.531. The summed E-state index contributed by atoms with van der Waals surface area (Å²) in [7, 11) is 0. The van der Waals surface area contributed by atoms with Gasteiger partial charge in [0.2, 0.25) is 0 Å². The summed E-state index contributed by atoms with van der Waals surface area (Å²) in [5.41, 5.74) is 2.10. The van der Waals surface area contributed by atoms with Crippen molar-refractivity contribution in [3.63, 3.8) is 0 Å². The maximum atomic E-state index is 13.1. The molecule has 0 spiro atoms. The van der Waals surface area contributed by atoms with Crippen LogP contribution in [0.4, 0.5) is 0 Å². The number of aromatic nitrogens is 2. The molecule has 3 aromatic carbocycles. The monoisotopic (exact) mass is 354 g/mol. The van der Waals surface area contributed by atoms with Crippen LogP contribution in [-0.2, 0) is 0 Å². The van der Waals surface area contributed by atoms with Gasteiger partial charge in [0.05, 0.1) is 17.0 Å². The Kier molecular flexibility index (Phi) is 4.30. The molecule has 0 aliphatic heterocycles. The van der Waals surface area contributed by atoms with E-state index in [4.69, 9.17) is 0 Å². The molecular weight excluding hydrogens is 336 g/mol. The third-order valence-electron chi connectivity index (χ3n) is 4.53. The zero-order valence-corrected chi connectivity index (χ0v) is 14.9. The van der Waals surface area contributed by atoms with Crippen molar-refractivity contribution in [3.8, 4) is 28.6 Å². The van der Waals surface area contributed by atoms with Gasteiger partial charge in [-0.15, -0.1) is 0 Å². The molecule has 0 fully saturated rings. The molecule has 0 saturated carbocycles. The average Bonchev–Trinajstić information content (AvgIpc) is 2.73. The molecular formula is C23H18N2O2. The molecule has 4 heteroatoms. The molecule has 0 radical (unpaired) electrons. The van der Waals surface area contributed by atoms with Gasteiger partial charge in [0, 0.05) is 0 Å². The van der Waals surface area contributed by atoms with E-state index in [-0.39, 0.29) is 17.0 Å². The van der Waals surface area contributed by atoms with Crippen LogP contribution in [0, 0.1) is 6.92 Å². The molecule has 1 heterocycles. The molecule has 4 rings (SSSR count).